The van der Waals surface area contributed by atoms with E-state index in [2.05, 4.69) is 45.3 Å². The first-order valence-electron chi connectivity index (χ1n) is 6.80. The summed E-state index contributed by atoms with van der Waals surface area (Å²) in [4.78, 5) is 4.85. The first-order valence-corrected chi connectivity index (χ1v) is 7.68. The molecule has 0 fully saturated rings. The van der Waals surface area contributed by atoms with Crippen molar-refractivity contribution in [2.24, 2.45) is 0 Å². The van der Waals surface area contributed by atoms with Crippen molar-refractivity contribution in [2.75, 3.05) is 6.54 Å². The van der Waals surface area contributed by atoms with Crippen LogP contribution in [0.3, 0.4) is 0 Å². The smallest absolute Gasteiger partial charge is 0.113 e. The van der Waals surface area contributed by atoms with Crippen molar-refractivity contribution >= 4 is 11.3 Å². The van der Waals surface area contributed by atoms with E-state index >= 15 is 0 Å². The summed E-state index contributed by atoms with van der Waals surface area (Å²) in [5.41, 5.74) is 1.33. The van der Waals surface area contributed by atoms with Crippen LogP contribution in [0, 0.1) is 0 Å². The second kappa shape index (κ2) is 6.50. The van der Waals surface area contributed by atoms with Crippen LogP contribution in [0.2, 0.25) is 0 Å². The molecule has 1 atom stereocenters. The van der Waals surface area contributed by atoms with Crippen molar-refractivity contribution in [1.29, 1.82) is 0 Å². The Balaban J connectivity index is 3.02. The largest absolute Gasteiger partial charge is 0.306 e. The van der Waals surface area contributed by atoms with Gasteiger partial charge in [-0.2, -0.15) is 0 Å². The number of hydrogen-bond acceptors (Lipinski definition) is 3. The topological polar surface area (TPSA) is 24.9 Å². The molecule has 0 aromatic carbocycles. The zero-order valence-electron chi connectivity index (χ0n) is 11.8. The van der Waals surface area contributed by atoms with Crippen molar-refractivity contribution in [3.63, 3.8) is 0 Å². The lowest BCUT2D eigenvalue weighted by Crippen LogP contribution is -2.41. The lowest BCUT2D eigenvalue weighted by Gasteiger charge is -2.31. The first kappa shape index (κ1) is 14.7. The minimum absolute atomic E-state index is 0.0985. The maximum absolute atomic E-state index is 4.85. The van der Waals surface area contributed by atoms with E-state index in [1.807, 2.05) is 11.3 Å². The molecule has 0 amide bonds. The Morgan fingerprint density at radius 2 is 2.06 bits per heavy atom. The van der Waals surface area contributed by atoms with Gasteiger partial charge in [-0.25, -0.2) is 4.98 Å². The van der Waals surface area contributed by atoms with E-state index in [1.54, 1.807) is 0 Å². The summed E-state index contributed by atoms with van der Waals surface area (Å²) in [7, 11) is 0. The van der Waals surface area contributed by atoms with E-state index in [1.165, 1.54) is 23.5 Å². The van der Waals surface area contributed by atoms with Crippen LogP contribution in [-0.4, -0.2) is 11.5 Å². The molecule has 1 aromatic rings. The Morgan fingerprint density at radius 1 is 1.35 bits per heavy atom. The highest BCUT2D eigenvalue weighted by Gasteiger charge is 2.31. The number of aromatic nitrogens is 1. The van der Waals surface area contributed by atoms with Gasteiger partial charge in [0.2, 0.25) is 0 Å². The van der Waals surface area contributed by atoms with Gasteiger partial charge in [0.25, 0.3) is 0 Å². The van der Waals surface area contributed by atoms with Gasteiger partial charge in [-0.1, -0.05) is 41.0 Å². The maximum Gasteiger partial charge on any atom is 0.113 e. The normalized spacial score (nSPS) is 15.2. The van der Waals surface area contributed by atoms with Gasteiger partial charge in [-0.15, -0.1) is 11.3 Å². The molecule has 0 aliphatic heterocycles. The summed E-state index contributed by atoms with van der Waals surface area (Å²) >= 11 is 1.82. The molecule has 0 saturated heterocycles. The quantitative estimate of drug-likeness (QED) is 0.785. The van der Waals surface area contributed by atoms with Crippen LogP contribution in [0.25, 0.3) is 0 Å². The zero-order chi connectivity index (χ0) is 12.9. The molecule has 0 bridgehead atoms. The van der Waals surface area contributed by atoms with Gasteiger partial charge in [-0.3, -0.25) is 0 Å². The van der Waals surface area contributed by atoms with Crippen LogP contribution < -0.4 is 5.32 Å². The molecule has 0 spiro atoms. The second-order valence-corrected chi connectivity index (χ2v) is 5.81. The molecule has 17 heavy (non-hydrogen) atoms. The summed E-state index contributed by atoms with van der Waals surface area (Å²) in [5, 5.41) is 7.15. The predicted molar refractivity (Wildman–Crippen MR) is 76.8 cm³/mol. The summed E-state index contributed by atoms with van der Waals surface area (Å²) in [6.07, 6.45) is 3.47. The van der Waals surface area contributed by atoms with Crippen molar-refractivity contribution in [1.82, 2.24) is 10.3 Å². The highest BCUT2D eigenvalue weighted by atomic mass is 32.1. The predicted octanol–water partition coefficient (Wildman–Crippen LogP) is 4.28. The molecular formula is C14H26N2S. The van der Waals surface area contributed by atoms with Gasteiger partial charge in [0.1, 0.15) is 5.01 Å². The Labute approximate surface area is 110 Å². The fourth-order valence-electron chi connectivity index (χ4n) is 2.26. The number of rotatable bonds is 7. The minimum Gasteiger partial charge on any atom is -0.306 e. The molecule has 98 valence electrons. The van der Waals surface area contributed by atoms with Gasteiger partial charge < -0.3 is 5.32 Å². The minimum atomic E-state index is 0.0985. The van der Waals surface area contributed by atoms with Crippen LogP contribution in [0.1, 0.15) is 70.5 Å². The number of thiazole rings is 1. The van der Waals surface area contributed by atoms with E-state index in [4.69, 9.17) is 4.98 Å². The number of nitrogens with zero attached hydrogens (tertiary/aromatic N) is 1. The molecule has 0 aliphatic carbocycles. The van der Waals surface area contributed by atoms with Crippen molar-refractivity contribution in [3.05, 3.63) is 16.1 Å². The third-order valence-electron chi connectivity index (χ3n) is 3.32. The van der Waals surface area contributed by atoms with E-state index in [0.717, 1.165) is 13.0 Å². The standard InChI is InChI=1S/C14H26N2S/c1-6-9-14(7-2,15-8-3)13-16-12(10-17-13)11(4)5/h10-11,15H,6-9H2,1-5H3. The number of nitrogens with one attached hydrogen (secondary N) is 1. The van der Waals surface area contributed by atoms with Crippen molar-refractivity contribution in [2.45, 2.75) is 65.3 Å². The molecular weight excluding hydrogens is 228 g/mol. The van der Waals surface area contributed by atoms with Crippen molar-refractivity contribution in [3.8, 4) is 0 Å². The molecule has 1 heterocycles. The van der Waals surface area contributed by atoms with E-state index in [9.17, 15) is 0 Å². The van der Waals surface area contributed by atoms with Gasteiger partial charge in [-0.05, 0) is 25.3 Å². The average molecular weight is 254 g/mol. The molecule has 1 N–H and O–H groups in total. The zero-order valence-corrected chi connectivity index (χ0v) is 12.7. The molecule has 1 unspecified atom stereocenters. The molecule has 2 nitrogen and oxygen atoms in total. The molecule has 1 aromatic heterocycles. The summed E-state index contributed by atoms with van der Waals surface area (Å²) in [5.74, 6) is 0.526. The van der Waals surface area contributed by atoms with Crippen LogP contribution in [0.5, 0.6) is 0 Å². The summed E-state index contributed by atoms with van der Waals surface area (Å²) in [6, 6.07) is 0. The molecule has 3 heteroatoms. The lowest BCUT2D eigenvalue weighted by molar-refractivity contribution is 0.298. The molecule has 1 rings (SSSR count). The molecule has 0 radical (unpaired) electrons. The Morgan fingerprint density at radius 3 is 2.47 bits per heavy atom. The average Bonchev–Trinajstić information content (AvgIpc) is 2.78. The van der Waals surface area contributed by atoms with Crippen molar-refractivity contribution < 1.29 is 0 Å². The number of hydrogen-bond donors (Lipinski definition) is 1. The van der Waals surface area contributed by atoms with Gasteiger partial charge >= 0.3 is 0 Å². The van der Waals surface area contributed by atoms with E-state index in [-0.39, 0.29) is 5.54 Å². The van der Waals surface area contributed by atoms with E-state index < -0.39 is 0 Å². The molecule has 0 aliphatic rings. The third-order valence-corrected chi connectivity index (χ3v) is 4.38. The van der Waals surface area contributed by atoms with Crippen LogP contribution in [0.15, 0.2) is 5.38 Å². The maximum atomic E-state index is 4.85. The second-order valence-electron chi connectivity index (χ2n) is 4.95. The fourth-order valence-corrected chi connectivity index (χ4v) is 3.52. The summed E-state index contributed by atoms with van der Waals surface area (Å²) in [6.45, 7) is 12.1. The van der Waals surface area contributed by atoms with Gasteiger partial charge in [0.05, 0.1) is 11.2 Å². The van der Waals surface area contributed by atoms with E-state index in [0.29, 0.717) is 5.92 Å². The van der Waals surface area contributed by atoms with Crippen LogP contribution >= 0.6 is 11.3 Å². The highest BCUT2D eigenvalue weighted by molar-refractivity contribution is 7.09. The Hall–Kier alpha value is -0.410. The third kappa shape index (κ3) is 3.29. The molecule has 0 saturated carbocycles. The SMILES string of the molecule is CCCC(CC)(NCC)c1nc(C(C)C)cs1. The van der Waals surface area contributed by atoms with Crippen LogP contribution in [-0.2, 0) is 5.54 Å². The van der Waals surface area contributed by atoms with Gasteiger partial charge in [0, 0.05) is 5.38 Å². The fraction of sp³-hybridized carbons (Fsp3) is 0.786. The van der Waals surface area contributed by atoms with Crippen LogP contribution in [0.4, 0.5) is 0 Å². The summed E-state index contributed by atoms with van der Waals surface area (Å²) < 4.78 is 0. The Bertz CT molecular complexity index is 325. The monoisotopic (exact) mass is 254 g/mol. The lowest BCUT2D eigenvalue weighted by atomic mass is 9.91. The van der Waals surface area contributed by atoms with Gasteiger partial charge in [0.15, 0.2) is 0 Å². The Kier molecular flexibility index (Phi) is 5.60. The first-order chi connectivity index (χ1) is 8.09. The highest BCUT2D eigenvalue weighted by Crippen LogP contribution is 2.33.